The van der Waals surface area contributed by atoms with Gasteiger partial charge in [-0.1, -0.05) is 59.8 Å². The first-order chi connectivity index (χ1) is 20.8. The van der Waals surface area contributed by atoms with E-state index in [1.807, 2.05) is 11.8 Å². The predicted octanol–water partition coefficient (Wildman–Crippen LogP) is 4.83. The summed E-state index contributed by atoms with van der Waals surface area (Å²) in [6.45, 7) is 3.74. The lowest BCUT2D eigenvalue weighted by molar-refractivity contribution is -0.142. The third-order valence-corrected chi connectivity index (χ3v) is 8.10. The van der Waals surface area contributed by atoms with Gasteiger partial charge in [0.05, 0.1) is 0 Å². The topological polar surface area (TPSA) is 182 Å². The van der Waals surface area contributed by atoms with Crippen molar-refractivity contribution in [2.24, 2.45) is 5.73 Å². The van der Waals surface area contributed by atoms with Gasteiger partial charge in [-0.05, 0) is 73.3 Å². The van der Waals surface area contributed by atoms with Gasteiger partial charge in [0.15, 0.2) is 11.5 Å². The Morgan fingerprint density at radius 3 is 1.80 bits per heavy atom. The molecule has 0 aliphatic carbocycles. The van der Waals surface area contributed by atoms with Crippen LogP contribution < -0.4 is 5.73 Å². The van der Waals surface area contributed by atoms with Gasteiger partial charge < -0.3 is 36.2 Å². The van der Waals surface area contributed by atoms with Crippen LogP contribution in [0, 0.1) is 0 Å². The minimum atomic E-state index is -1.39. The highest BCUT2D eigenvalue weighted by Crippen LogP contribution is 2.47. The smallest absolute Gasteiger partial charge is 0.328 e. The second kappa shape index (κ2) is 15.2. The molecule has 3 aromatic carbocycles. The van der Waals surface area contributed by atoms with Crippen LogP contribution in [0.5, 0.6) is 11.5 Å². The third-order valence-electron chi connectivity index (χ3n) is 6.95. The zero-order valence-electron chi connectivity index (χ0n) is 24.4. The number of phenolic OH excluding ortho intramolecular Hbond substituents is 2. The van der Waals surface area contributed by atoms with E-state index in [0.717, 1.165) is 0 Å². The first-order valence-corrected chi connectivity index (χ1v) is 14.5. The molecule has 232 valence electrons. The summed E-state index contributed by atoms with van der Waals surface area (Å²) < 4.78 is 0. The molecular formula is C33H36N2O8S. The number of benzene rings is 3. The molecule has 3 aromatic rings. The quantitative estimate of drug-likeness (QED) is 0.133. The van der Waals surface area contributed by atoms with Crippen molar-refractivity contribution in [1.29, 1.82) is 0 Å². The first kappa shape index (κ1) is 33.9. The van der Waals surface area contributed by atoms with Crippen LogP contribution in [0.1, 0.15) is 36.5 Å². The Kier molecular flexibility index (Phi) is 11.7. The van der Waals surface area contributed by atoms with Crippen molar-refractivity contribution in [1.82, 2.24) is 4.90 Å². The van der Waals surface area contributed by atoms with E-state index in [2.05, 4.69) is 60.5 Å². The second-order valence-electron chi connectivity index (χ2n) is 10.6. The Morgan fingerprint density at radius 2 is 1.34 bits per heavy atom. The lowest BCUT2D eigenvalue weighted by Crippen LogP contribution is -2.46. The van der Waals surface area contributed by atoms with Gasteiger partial charge in [0, 0.05) is 41.5 Å². The molecule has 1 atom stereocenters. The Morgan fingerprint density at radius 1 is 0.841 bits per heavy atom. The second-order valence-corrected chi connectivity index (χ2v) is 11.7. The maximum Gasteiger partial charge on any atom is 0.328 e. The fourth-order valence-corrected chi connectivity index (χ4v) is 5.72. The van der Waals surface area contributed by atoms with Crippen molar-refractivity contribution < 1.29 is 39.9 Å². The molecule has 10 nitrogen and oxygen atoms in total. The molecule has 44 heavy (non-hydrogen) atoms. The van der Waals surface area contributed by atoms with Crippen molar-refractivity contribution >= 4 is 35.2 Å². The highest BCUT2D eigenvalue weighted by Gasteiger charge is 2.28. The largest absolute Gasteiger partial charge is 0.504 e. The molecule has 0 aromatic heterocycles. The maximum atomic E-state index is 10.7. The molecule has 0 amide bonds. The molecule has 0 bridgehead atoms. The summed E-state index contributed by atoms with van der Waals surface area (Å²) >= 11 is 1.91. The summed E-state index contributed by atoms with van der Waals surface area (Å²) in [5.41, 5.74) is 10.7. The predicted molar refractivity (Wildman–Crippen MR) is 168 cm³/mol. The molecule has 1 saturated heterocycles. The van der Waals surface area contributed by atoms with Crippen molar-refractivity contribution in [2.75, 3.05) is 20.1 Å². The average molecular weight is 621 g/mol. The number of carbonyl (C=O) groups is 3. The fraction of sp³-hybridized carbons (Fsp3) is 0.242. The lowest BCUT2D eigenvalue weighted by atomic mass is 9.88. The van der Waals surface area contributed by atoms with Crippen molar-refractivity contribution in [3.8, 4) is 11.5 Å². The van der Waals surface area contributed by atoms with Gasteiger partial charge in [0.1, 0.15) is 5.54 Å². The van der Waals surface area contributed by atoms with E-state index < -0.39 is 23.4 Å². The van der Waals surface area contributed by atoms with Crippen molar-refractivity contribution in [3.63, 3.8) is 0 Å². The number of carboxylic acids is 3. The Bertz CT molecular complexity index is 1510. The van der Waals surface area contributed by atoms with E-state index in [-0.39, 0.29) is 17.9 Å². The van der Waals surface area contributed by atoms with Gasteiger partial charge in [-0.25, -0.2) is 9.59 Å². The van der Waals surface area contributed by atoms with Gasteiger partial charge in [-0.2, -0.15) is 0 Å². The van der Waals surface area contributed by atoms with Crippen molar-refractivity contribution in [3.05, 3.63) is 101 Å². The minimum absolute atomic E-state index is 0.0795. The van der Waals surface area contributed by atoms with Crippen LogP contribution in [0.15, 0.2) is 94.2 Å². The number of aliphatic carboxylic acids is 3. The molecular weight excluding hydrogens is 584 g/mol. The minimum Gasteiger partial charge on any atom is -0.504 e. The molecule has 0 saturated carbocycles. The van der Waals surface area contributed by atoms with Crippen LogP contribution in [0.25, 0.3) is 5.57 Å². The SMILES string of the molecule is CC(N)(Cc1ccc(O)c(O)c1)C(=O)O.CN1CCC(=C2c3ccccc3Sc3ccccc32)CC1.O=C(O)C=CC(=O)O. The molecule has 7 N–H and O–H groups in total. The first-order valence-electron chi connectivity index (χ1n) is 13.7. The number of nitrogens with two attached hydrogens (primary N) is 1. The number of hydrogen-bond donors (Lipinski definition) is 6. The summed E-state index contributed by atoms with van der Waals surface area (Å²) in [6, 6.07) is 21.8. The summed E-state index contributed by atoms with van der Waals surface area (Å²) in [5, 5.41) is 42.7. The van der Waals surface area contributed by atoms with Crippen molar-refractivity contribution in [2.45, 2.75) is 41.5 Å². The maximum absolute atomic E-state index is 10.7. The summed E-state index contributed by atoms with van der Waals surface area (Å²) in [6.07, 6.45) is 3.58. The number of piperidine rings is 1. The number of fused-ring (bicyclic) bond motifs is 2. The highest BCUT2D eigenvalue weighted by molar-refractivity contribution is 7.99. The number of hydrogen-bond acceptors (Lipinski definition) is 8. The van der Waals surface area contributed by atoms with E-state index in [4.69, 9.17) is 26.2 Å². The summed E-state index contributed by atoms with van der Waals surface area (Å²) in [5.74, 6) is -4.16. The highest BCUT2D eigenvalue weighted by atomic mass is 32.2. The summed E-state index contributed by atoms with van der Waals surface area (Å²) in [4.78, 5) is 35.1. The van der Waals surface area contributed by atoms with Crippen LogP contribution in [-0.2, 0) is 20.8 Å². The Balaban J connectivity index is 0.000000202. The fourth-order valence-electron chi connectivity index (χ4n) is 4.63. The van der Waals surface area contributed by atoms with Gasteiger partial charge in [0.25, 0.3) is 0 Å². The number of rotatable bonds is 5. The normalized spacial score (nSPS) is 15.4. The molecule has 11 heteroatoms. The molecule has 2 aliphatic heterocycles. The van der Waals surface area contributed by atoms with Gasteiger partial charge in [-0.15, -0.1) is 0 Å². The number of phenols is 2. The van der Waals surface area contributed by atoms with Crippen LogP contribution in [0.4, 0.5) is 0 Å². The van der Waals surface area contributed by atoms with E-state index in [0.29, 0.717) is 17.7 Å². The molecule has 0 spiro atoms. The number of likely N-dealkylation sites (tertiary alicyclic amines) is 1. The van der Waals surface area contributed by atoms with E-state index in [1.54, 1.807) is 5.57 Å². The van der Waals surface area contributed by atoms with Crippen LogP contribution in [0.2, 0.25) is 0 Å². The van der Waals surface area contributed by atoms with E-state index in [1.165, 1.54) is 77.5 Å². The zero-order chi connectivity index (χ0) is 32.4. The van der Waals surface area contributed by atoms with Crippen LogP contribution >= 0.6 is 11.8 Å². The molecule has 2 aliphatic rings. The number of carboxylic acid groups (broad SMARTS) is 3. The third kappa shape index (κ3) is 9.46. The van der Waals surface area contributed by atoms with Gasteiger partial charge in [-0.3, -0.25) is 4.79 Å². The van der Waals surface area contributed by atoms with Gasteiger partial charge >= 0.3 is 17.9 Å². The van der Waals surface area contributed by atoms with Crippen LogP contribution in [0.3, 0.4) is 0 Å². The summed E-state index contributed by atoms with van der Waals surface area (Å²) in [7, 11) is 2.22. The Hall–Kier alpha value is -4.58. The zero-order valence-corrected chi connectivity index (χ0v) is 25.3. The molecule has 2 heterocycles. The molecule has 5 rings (SSSR count). The average Bonchev–Trinajstić information content (AvgIpc) is 2.98. The van der Waals surface area contributed by atoms with E-state index in [9.17, 15) is 19.5 Å². The number of nitrogens with zero attached hydrogens (tertiary/aromatic N) is 1. The standard InChI is InChI=1S/C19H19NS.C10H13NO4.C4H4O4/c1-20-12-10-14(11-13-20)19-15-6-2-4-8-17(15)21-18-9-5-3-7-16(18)19;1-10(11,9(14)15)5-6-2-3-7(12)8(13)4-6;5-3(6)1-2-4(7)8/h2-9H,10-13H2,1H3;2-4,12-13H,5,11H2,1H3,(H,14,15);1-2H,(H,5,6)(H,7,8). The molecule has 0 radical (unpaired) electrons. The van der Waals surface area contributed by atoms with Crippen LogP contribution in [-0.4, -0.2) is 74.0 Å². The van der Waals surface area contributed by atoms with Gasteiger partial charge in [0.2, 0.25) is 0 Å². The molecule has 1 unspecified atom stereocenters. The number of aromatic hydroxyl groups is 2. The monoisotopic (exact) mass is 620 g/mol. The lowest BCUT2D eigenvalue weighted by Gasteiger charge is -2.30. The molecule has 1 fully saturated rings. The Labute approximate surface area is 259 Å². The van der Waals surface area contributed by atoms with E-state index >= 15 is 0 Å².